The van der Waals surface area contributed by atoms with Crippen LogP contribution in [0.5, 0.6) is 0 Å². The number of morpholine rings is 1. The van der Waals surface area contributed by atoms with Crippen molar-refractivity contribution in [2.24, 2.45) is 0 Å². The maximum atomic E-state index is 13.0. The van der Waals surface area contributed by atoms with Gasteiger partial charge < -0.3 is 4.74 Å². The first-order valence-electron chi connectivity index (χ1n) is 7.70. The van der Waals surface area contributed by atoms with E-state index in [1.807, 2.05) is 31.2 Å². The normalized spacial score (nSPS) is 19.3. The number of benzene rings is 1. The van der Waals surface area contributed by atoms with E-state index in [0.717, 1.165) is 49.6 Å². The van der Waals surface area contributed by atoms with Gasteiger partial charge in [0.15, 0.2) is 0 Å². The number of hydrogen-bond donors (Lipinski definition) is 0. The van der Waals surface area contributed by atoms with Crippen molar-refractivity contribution in [1.29, 1.82) is 0 Å². The maximum absolute atomic E-state index is 13.0. The fraction of sp³-hybridized carbons (Fsp3) is 0.389. The maximum Gasteiger partial charge on any atom is 0.123 e. The number of hydrogen-bond acceptors (Lipinski definition) is 3. The third kappa shape index (κ3) is 4.12. The van der Waals surface area contributed by atoms with Gasteiger partial charge >= 0.3 is 0 Å². The van der Waals surface area contributed by atoms with Gasteiger partial charge in [-0.1, -0.05) is 18.2 Å². The highest BCUT2D eigenvalue weighted by atomic mass is 19.1. The Morgan fingerprint density at radius 3 is 2.82 bits per heavy atom. The Morgan fingerprint density at radius 2 is 2.05 bits per heavy atom. The molecule has 0 spiro atoms. The van der Waals surface area contributed by atoms with E-state index < -0.39 is 0 Å². The third-order valence-corrected chi connectivity index (χ3v) is 3.93. The summed E-state index contributed by atoms with van der Waals surface area (Å²) >= 11 is 0. The summed E-state index contributed by atoms with van der Waals surface area (Å²) < 4.78 is 18.8. The molecule has 1 atom stereocenters. The van der Waals surface area contributed by atoms with Crippen molar-refractivity contribution in [2.45, 2.75) is 26.0 Å². The van der Waals surface area contributed by atoms with Crippen LogP contribution in [0, 0.1) is 12.7 Å². The predicted octanol–water partition coefficient (Wildman–Crippen LogP) is 2.97. The van der Waals surface area contributed by atoms with E-state index in [2.05, 4.69) is 16.0 Å². The first-order chi connectivity index (χ1) is 10.7. The number of aromatic nitrogens is 1. The van der Waals surface area contributed by atoms with Crippen LogP contribution in [0.25, 0.3) is 0 Å². The molecule has 3 rings (SSSR count). The van der Waals surface area contributed by atoms with E-state index in [9.17, 15) is 4.39 Å². The van der Waals surface area contributed by atoms with Crippen LogP contribution in [0.3, 0.4) is 0 Å². The van der Waals surface area contributed by atoms with Gasteiger partial charge in [-0.25, -0.2) is 4.39 Å². The van der Waals surface area contributed by atoms with E-state index in [-0.39, 0.29) is 11.9 Å². The summed E-state index contributed by atoms with van der Waals surface area (Å²) in [5.74, 6) is -0.194. The van der Waals surface area contributed by atoms with E-state index in [1.54, 1.807) is 0 Å². The average Bonchev–Trinajstić information content (AvgIpc) is 2.50. The zero-order chi connectivity index (χ0) is 15.4. The molecule has 1 unspecified atom stereocenters. The lowest BCUT2D eigenvalue weighted by atomic mass is 10.1. The molecular weight excluding hydrogens is 279 g/mol. The summed E-state index contributed by atoms with van der Waals surface area (Å²) in [7, 11) is 0. The van der Waals surface area contributed by atoms with Crippen molar-refractivity contribution in [3.05, 3.63) is 65.2 Å². The Bertz CT molecular complexity index is 615. The molecule has 0 bridgehead atoms. The molecule has 0 amide bonds. The standard InChI is InChI=1S/C18H21FN2O/c1-14-3-2-4-17(20-14)12-21-9-10-22-18(13-21)11-15-5-7-16(19)8-6-15/h2-8,18H,9-13H2,1H3. The van der Waals surface area contributed by atoms with Gasteiger partial charge in [0.1, 0.15) is 5.82 Å². The first-order valence-corrected chi connectivity index (χ1v) is 7.70. The van der Waals surface area contributed by atoms with Gasteiger partial charge in [-0.05, 0) is 43.2 Å². The van der Waals surface area contributed by atoms with Crippen LogP contribution in [0.2, 0.25) is 0 Å². The minimum atomic E-state index is -0.194. The van der Waals surface area contributed by atoms with Gasteiger partial charge in [-0.15, -0.1) is 0 Å². The van der Waals surface area contributed by atoms with Crippen LogP contribution < -0.4 is 0 Å². The molecule has 2 aromatic rings. The summed E-state index contributed by atoms with van der Waals surface area (Å²) in [5, 5.41) is 0. The molecule has 4 heteroatoms. The molecule has 1 fully saturated rings. The zero-order valence-corrected chi connectivity index (χ0v) is 12.8. The van der Waals surface area contributed by atoms with E-state index in [0.29, 0.717) is 0 Å². The molecule has 1 aromatic carbocycles. The first kappa shape index (κ1) is 15.1. The lowest BCUT2D eigenvalue weighted by Crippen LogP contribution is -2.43. The van der Waals surface area contributed by atoms with E-state index >= 15 is 0 Å². The summed E-state index contributed by atoms with van der Waals surface area (Å²) in [6, 6.07) is 12.8. The van der Waals surface area contributed by atoms with Crippen molar-refractivity contribution >= 4 is 0 Å². The molecule has 1 aliphatic heterocycles. The topological polar surface area (TPSA) is 25.4 Å². The van der Waals surface area contributed by atoms with Crippen LogP contribution in [0.15, 0.2) is 42.5 Å². The van der Waals surface area contributed by atoms with Crippen molar-refractivity contribution in [3.8, 4) is 0 Å². The summed E-state index contributed by atoms with van der Waals surface area (Å²) in [5.41, 5.74) is 3.26. The lowest BCUT2D eigenvalue weighted by Gasteiger charge is -2.32. The minimum Gasteiger partial charge on any atom is -0.375 e. The Hall–Kier alpha value is -1.78. The molecule has 0 radical (unpaired) electrons. The Kier molecular flexibility index (Phi) is 4.80. The van der Waals surface area contributed by atoms with Gasteiger partial charge in [0.05, 0.1) is 18.4 Å². The van der Waals surface area contributed by atoms with Gasteiger partial charge in [-0.2, -0.15) is 0 Å². The molecule has 0 aliphatic carbocycles. The average molecular weight is 300 g/mol. The number of halogens is 1. The molecule has 1 aromatic heterocycles. The molecule has 0 N–H and O–H groups in total. The second-order valence-electron chi connectivity index (χ2n) is 5.83. The number of rotatable bonds is 4. The number of pyridine rings is 1. The summed E-state index contributed by atoms with van der Waals surface area (Å²) in [4.78, 5) is 6.94. The predicted molar refractivity (Wildman–Crippen MR) is 84.1 cm³/mol. The number of nitrogens with zero attached hydrogens (tertiary/aromatic N) is 2. The van der Waals surface area contributed by atoms with E-state index in [4.69, 9.17) is 4.74 Å². The Morgan fingerprint density at radius 1 is 1.23 bits per heavy atom. The smallest absolute Gasteiger partial charge is 0.123 e. The number of ether oxygens (including phenoxy) is 1. The SMILES string of the molecule is Cc1cccc(CN2CCOC(Cc3ccc(F)cc3)C2)n1. The Labute approximate surface area is 130 Å². The zero-order valence-electron chi connectivity index (χ0n) is 12.8. The van der Waals surface area contributed by atoms with Crippen molar-refractivity contribution in [3.63, 3.8) is 0 Å². The van der Waals surface area contributed by atoms with Gasteiger partial charge in [0, 0.05) is 25.3 Å². The second kappa shape index (κ2) is 6.99. The molecular formula is C18H21FN2O. The monoisotopic (exact) mass is 300 g/mol. The highest BCUT2D eigenvalue weighted by Crippen LogP contribution is 2.14. The molecule has 22 heavy (non-hydrogen) atoms. The summed E-state index contributed by atoms with van der Waals surface area (Å²) in [6.07, 6.45) is 0.974. The minimum absolute atomic E-state index is 0.157. The summed E-state index contributed by atoms with van der Waals surface area (Å²) in [6.45, 7) is 5.41. The van der Waals surface area contributed by atoms with Gasteiger partial charge in [-0.3, -0.25) is 9.88 Å². The number of aryl methyl sites for hydroxylation is 1. The van der Waals surface area contributed by atoms with Crippen LogP contribution in [-0.4, -0.2) is 35.7 Å². The molecule has 1 aliphatic rings. The lowest BCUT2D eigenvalue weighted by molar-refractivity contribution is -0.0308. The highest BCUT2D eigenvalue weighted by molar-refractivity contribution is 5.17. The molecule has 116 valence electrons. The largest absolute Gasteiger partial charge is 0.375 e. The van der Waals surface area contributed by atoms with Crippen molar-refractivity contribution < 1.29 is 9.13 Å². The molecule has 3 nitrogen and oxygen atoms in total. The Balaban J connectivity index is 1.58. The van der Waals surface area contributed by atoms with Crippen LogP contribution in [-0.2, 0) is 17.7 Å². The van der Waals surface area contributed by atoms with Crippen LogP contribution in [0.1, 0.15) is 17.0 Å². The van der Waals surface area contributed by atoms with Gasteiger partial charge in [0.2, 0.25) is 0 Å². The van der Waals surface area contributed by atoms with Crippen LogP contribution in [0.4, 0.5) is 4.39 Å². The fourth-order valence-electron chi connectivity index (χ4n) is 2.85. The molecule has 0 saturated carbocycles. The molecule has 2 heterocycles. The molecule has 1 saturated heterocycles. The second-order valence-corrected chi connectivity index (χ2v) is 5.83. The van der Waals surface area contributed by atoms with Crippen LogP contribution >= 0.6 is 0 Å². The highest BCUT2D eigenvalue weighted by Gasteiger charge is 2.21. The van der Waals surface area contributed by atoms with Crippen molar-refractivity contribution in [1.82, 2.24) is 9.88 Å². The third-order valence-electron chi connectivity index (χ3n) is 3.93. The van der Waals surface area contributed by atoms with E-state index in [1.165, 1.54) is 12.1 Å². The van der Waals surface area contributed by atoms with Gasteiger partial charge in [0.25, 0.3) is 0 Å². The van der Waals surface area contributed by atoms with Crippen molar-refractivity contribution in [2.75, 3.05) is 19.7 Å². The fourth-order valence-corrected chi connectivity index (χ4v) is 2.85. The quantitative estimate of drug-likeness (QED) is 0.868.